The first-order valence-electron chi connectivity index (χ1n) is 5.94. The van der Waals surface area contributed by atoms with E-state index in [0.717, 1.165) is 25.1 Å². The van der Waals surface area contributed by atoms with Gasteiger partial charge < -0.3 is 9.63 Å². The van der Waals surface area contributed by atoms with Gasteiger partial charge in [-0.15, -0.1) is 6.58 Å². The molecule has 0 aromatic carbocycles. The Balaban J connectivity index is 2.33. The van der Waals surface area contributed by atoms with Crippen LogP contribution in [0.2, 0.25) is 0 Å². The molecule has 0 bridgehead atoms. The zero-order chi connectivity index (χ0) is 12.7. The molecule has 0 radical (unpaired) electrons. The Bertz CT molecular complexity index is 338. The third-order valence-corrected chi connectivity index (χ3v) is 2.46. The maximum Gasteiger partial charge on any atom is 0.240 e. The van der Waals surface area contributed by atoms with E-state index in [1.54, 1.807) is 0 Å². The highest BCUT2D eigenvalue weighted by atomic mass is 16.5. The number of aromatic nitrogens is 2. The van der Waals surface area contributed by atoms with Crippen LogP contribution in [0, 0.1) is 0 Å². The van der Waals surface area contributed by atoms with Crippen molar-refractivity contribution in [2.45, 2.75) is 38.8 Å². The van der Waals surface area contributed by atoms with Crippen molar-refractivity contribution in [3.05, 3.63) is 24.4 Å². The second kappa shape index (κ2) is 7.19. The summed E-state index contributed by atoms with van der Waals surface area (Å²) in [6.07, 6.45) is 3.81. The fourth-order valence-corrected chi connectivity index (χ4v) is 1.55. The molecule has 0 saturated heterocycles. The van der Waals surface area contributed by atoms with Crippen molar-refractivity contribution in [3.63, 3.8) is 0 Å². The highest BCUT2D eigenvalue weighted by Gasteiger charge is 2.11. The third kappa shape index (κ3) is 5.10. The van der Waals surface area contributed by atoms with Crippen molar-refractivity contribution in [1.82, 2.24) is 15.0 Å². The molecule has 1 unspecified atom stereocenters. The van der Waals surface area contributed by atoms with Crippen LogP contribution in [-0.2, 0) is 13.0 Å². The minimum atomic E-state index is -0.341. The fraction of sp³-hybridized carbons (Fsp3) is 0.667. The van der Waals surface area contributed by atoms with Crippen molar-refractivity contribution in [3.8, 4) is 0 Å². The second-order valence-electron chi connectivity index (χ2n) is 4.17. The molecule has 0 amide bonds. The number of likely N-dealkylation sites (N-methyl/N-ethyl adjacent to an activating group) is 1. The van der Waals surface area contributed by atoms with Gasteiger partial charge in [-0.05, 0) is 19.9 Å². The molecule has 5 nitrogen and oxygen atoms in total. The van der Waals surface area contributed by atoms with E-state index >= 15 is 0 Å². The first-order chi connectivity index (χ1) is 8.15. The number of aliphatic hydroxyl groups excluding tert-OH is 1. The molecule has 1 rings (SSSR count). The molecule has 0 aliphatic carbocycles. The lowest BCUT2D eigenvalue weighted by Gasteiger charge is -2.18. The summed E-state index contributed by atoms with van der Waals surface area (Å²) in [7, 11) is 1.92. The minimum Gasteiger partial charge on any atom is -0.392 e. The molecule has 1 heterocycles. The van der Waals surface area contributed by atoms with Gasteiger partial charge in [-0.2, -0.15) is 4.98 Å². The number of hydrogen-bond donors (Lipinski definition) is 1. The van der Waals surface area contributed by atoms with Crippen LogP contribution in [0.15, 0.2) is 17.2 Å². The second-order valence-corrected chi connectivity index (χ2v) is 4.17. The van der Waals surface area contributed by atoms with Gasteiger partial charge in [0.15, 0.2) is 5.82 Å². The fourth-order valence-electron chi connectivity index (χ4n) is 1.55. The number of aryl methyl sites for hydroxylation is 1. The van der Waals surface area contributed by atoms with Crippen molar-refractivity contribution in [1.29, 1.82) is 0 Å². The quantitative estimate of drug-likeness (QED) is 0.695. The zero-order valence-electron chi connectivity index (χ0n) is 10.6. The number of hydrogen-bond acceptors (Lipinski definition) is 5. The molecule has 1 atom stereocenters. The predicted molar refractivity (Wildman–Crippen MR) is 65.4 cm³/mol. The van der Waals surface area contributed by atoms with Gasteiger partial charge in [0.25, 0.3) is 0 Å². The first kappa shape index (κ1) is 13.9. The Kier molecular flexibility index (Phi) is 5.86. The van der Waals surface area contributed by atoms with Gasteiger partial charge in [0.2, 0.25) is 5.89 Å². The Morgan fingerprint density at radius 1 is 1.59 bits per heavy atom. The Labute approximate surface area is 102 Å². The molecular formula is C12H21N3O2. The summed E-state index contributed by atoms with van der Waals surface area (Å²) in [5, 5.41) is 13.6. The molecular weight excluding hydrogens is 218 g/mol. The standard InChI is InChI=1S/C12H21N3O2/c1-4-6-7-10(16)8-15(3)9-12-13-11(5-2)14-17-12/h4,10,16H,1,5-9H2,2-3H3. The van der Waals surface area contributed by atoms with Gasteiger partial charge in [0, 0.05) is 13.0 Å². The molecule has 1 N–H and O–H groups in total. The average molecular weight is 239 g/mol. The van der Waals surface area contributed by atoms with Gasteiger partial charge in [-0.1, -0.05) is 18.2 Å². The van der Waals surface area contributed by atoms with Crippen LogP contribution in [-0.4, -0.2) is 39.8 Å². The molecule has 1 aromatic heterocycles. The zero-order valence-corrected chi connectivity index (χ0v) is 10.6. The molecule has 0 saturated carbocycles. The maximum absolute atomic E-state index is 9.72. The summed E-state index contributed by atoms with van der Waals surface area (Å²) < 4.78 is 5.09. The van der Waals surface area contributed by atoms with Crippen LogP contribution < -0.4 is 0 Å². The first-order valence-corrected chi connectivity index (χ1v) is 5.94. The normalized spacial score (nSPS) is 12.9. The lowest BCUT2D eigenvalue weighted by atomic mass is 10.2. The van der Waals surface area contributed by atoms with Crippen molar-refractivity contribution >= 4 is 0 Å². The SMILES string of the molecule is C=CCCC(O)CN(C)Cc1nc(CC)no1. The molecule has 5 heteroatoms. The van der Waals surface area contributed by atoms with Gasteiger partial charge >= 0.3 is 0 Å². The van der Waals surface area contributed by atoms with Crippen molar-refractivity contribution in [2.24, 2.45) is 0 Å². The maximum atomic E-state index is 9.72. The number of rotatable bonds is 8. The summed E-state index contributed by atoms with van der Waals surface area (Å²) in [5.74, 6) is 1.32. The summed E-state index contributed by atoms with van der Waals surface area (Å²) >= 11 is 0. The van der Waals surface area contributed by atoms with E-state index in [2.05, 4.69) is 16.7 Å². The monoisotopic (exact) mass is 239 g/mol. The lowest BCUT2D eigenvalue weighted by molar-refractivity contribution is 0.110. The van der Waals surface area contributed by atoms with Crippen molar-refractivity contribution < 1.29 is 9.63 Å². The average Bonchev–Trinajstić information content (AvgIpc) is 2.73. The minimum absolute atomic E-state index is 0.341. The molecule has 96 valence electrons. The molecule has 0 spiro atoms. The van der Waals surface area contributed by atoms with E-state index in [1.807, 2.05) is 24.9 Å². The van der Waals surface area contributed by atoms with E-state index < -0.39 is 0 Å². The summed E-state index contributed by atoms with van der Waals surface area (Å²) in [6.45, 7) is 6.78. The van der Waals surface area contributed by atoms with Crippen LogP contribution in [0.25, 0.3) is 0 Å². The van der Waals surface area contributed by atoms with Crippen LogP contribution in [0.4, 0.5) is 0 Å². The summed E-state index contributed by atoms with van der Waals surface area (Å²) in [5.41, 5.74) is 0. The van der Waals surface area contributed by atoms with E-state index in [-0.39, 0.29) is 6.10 Å². The predicted octanol–water partition coefficient (Wildman–Crippen LogP) is 1.39. The van der Waals surface area contributed by atoms with Crippen LogP contribution in [0.1, 0.15) is 31.5 Å². The van der Waals surface area contributed by atoms with Crippen molar-refractivity contribution in [2.75, 3.05) is 13.6 Å². The number of aliphatic hydroxyl groups is 1. The van der Waals surface area contributed by atoms with E-state index in [9.17, 15) is 5.11 Å². The molecule has 17 heavy (non-hydrogen) atoms. The molecule has 1 aromatic rings. The summed E-state index contributed by atoms with van der Waals surface area (Å²) in [4.78, 5) is 6.19. The Morgan fingerprint density at radius 3 is 2.94 bits per heavy atom. The topological polar surface area (TPSA) is 62.4 Å². The molecule has 0 aliphatic rings. The van der Waals surface area contributed by atoms with E-state index in [1.165, 1.54) is 0 Å². The molecule has 0 fully saturated rings. The Morgan fingerprint density at radius 2 is 2.35 bits per heavy atom. The van der Waals surface area contributed by atoms with Crippen LogP contribution in [0.5, 0.6) is 0 Å². The highest BCUT2D eigenvalue weighted by molar-refractivity contribution is 4.85. The lowest BCUT2D eigenvalue weighted by Crippen LogP contribution is -2.28. The smallest absolute Gasteiger partial charge is 0.240 e. The highest BCUT2D eigenvalue weighted by Crippen LogP contribution is 2.04. The van der Waals surface area contributed by atoms with Crippen LogP contribution in [0.3, 0.4) is 0 Å². The van der Waals surface area contributed by atoms with E-state index in [4.69, 9.17) is 4.52 Å². The van der Waals surface area contributed by atoms with Gasteiger partial charge in [0.05, 0.1) is 12.6 Å². The number of nitrogens with zero attached hydrogens (tertiary/aromatic N) is 3. The van der Waals surface area contributed by atoms with E-state index in [0.29, 0.717) is 19.0 Å². The summed E-state index contributed by atoms with van der Waals surface area (Å²) in [6, 6.07) is 0. The largest absolute Gasteiger partial charge is 0.392 e. The van der Waals surface area contributed by atoms with Gasteiger partial charge in [0.1, 0.15) is 0 Å². The molecule has 0 aliphatic heterocycles. The number of allylic oxidation sites excluding steroid dienone is 1. The third-order valence-electron chi connectivity index (χ3n) is 2.46. The van der Waals surface area contributed by atoms with Crippen LogP contribution >= 0.6 is 0 Å². The van der Waals surface area contributed by atoms with Gasteiger partial charge in [-0.3, -0.25) is 4.90 Å². The Hall–Kier alpha value is -1.20. The van der Waals surface area contributed by atoms with Gasteiger partial charge in [-0.25, -0.2) is 0 Å².